The molecule has 0 radical (unpaired) electrons. The van der Waals surface area contributed by atoms with Crippen LogP contribution in [0.15, 0.2) is 59.2 Å². The van der Waals surface area contributed by atoms with Gasteiger partial charge in [0.2, 0.25) is 0 Å². The number of benzene rings is 1. The number of carbonyl (C=O) groups excluding carboxylic acids is 1. The smallest absolute Gasteiger partial charge is 0.413 e. The van der Waals surface area contributed by atoms with E-state index in [4.69, 9.17) is 4.74 Å². The molecule has 0 fully saturated rings. The first-order valence-electron chi connectivity index (χ1n) is 6.61. The average Bonchev–Trinajstić information content (AvgIpc) is 2.54. The summed E-state index contributed by atoms with van der Waals surface area (Å²) in [5, 5.41) is 3.48. The number of ether oxygens (including phenoxy) is 1. The lowest BCUT2D eigenvalue weighted by Crippen LogP contribution is -2.14. The maximum Gasteiger partial charge on any atom is 0.413 e. The Labute approximate surface area is 135 Å². The highest BCUT2D eigenvalue weighted by Gasteiger charge is 2.06. The molecule has 0 saturated heterocycles. The number of rotatable bonds is 3. The van der Waals surface area contributed by atoms with Gasteiger partial charge in [0.05, 0.1) is 0 Å². The second-order valence-electron chi connectivity index (χ2n) is 4.58. The largest absolute Gasteiger partial charge is 0.444 e. The van der Waals surface area contributed by atoms with Crippen molar-refractivity contribution in [1.29, 1.82) is 0 Å². The monoisotopic (exact) mass is 357 g/mol. The Morgan fingerprint density at radius 1 is 1.18 bits per heavy atom. The number of anilines is 1. The topological polar surface area (TPSA) is 64.1 Å². The molecule has 0 spiro atoms. The predicted molar refractivity (Wildman–Crippen MR) is 87.5 cm³/mol. The predicted octanol–water partition coefficient (Wildman–Crippen LogP) is 4.14. The van der Waals surface area contributed by atoms with Gasteiger partial charge in [-0.25, -0.2) is 14.8 Å². The molecule has 0 atom stereocenters. The van der Waals surface area contributed by atoms with Gasteiger partial charge in [-0.2, -0.15) is 0 Å². The second-order valence-corrected chi connectivity index (χ2v) is 5.50. The fourth-order valence-electron chi connectivity index (χ4n) is 1.92. The summed E-state index contributed by atoms with van der Waals surface area (Å²) in [6, 6.07) is 14.9. The zero-order chi connectivity index (χ0) is 15.4. The average molecular weight is 358 g/mol. The number of hydrogen-bond donors (Lipinski definition) is 1. The molecule has 110 valence electrons. The van der Waals surface area contributed by atoms with Gasteiger partial charge in [-0.05, 0) is 39.7 Å². The van der Waals surface area contributed by atoms with E-state index in [9.17, 15) is 4.79 Å². The molecule has 0 aliphatic heterocycles. The van der Waals surface area contributed by atoms with E-state index in [0.717, 1.165) is 15.4 Å². The van der Waals surface area contributed by atoms with E-state index in [1.54, 1.807) is 12.3 Å². The number of fused-ring (bicyclic) bond motifs is 1. The van der Waals surface area contributed by atoms with Crippen molar-refractivity contribution in [3.05, 3.63) is 64.8 Å². The highest BCUT2D eigenvalue weighted by atomic mass is 79.9. The van der Waals surface area contributed by atoms with Gasteiger partial charge >= 0.3 is 6.09 Å². The maximum atomic E-state index is 11.8. The maximum absolute atomic E-state index is 11.8. The van der Waals surface area contributed by atoms with E-state index >= 15 is 0 Å². The van der Waals surface area contributed by atoms with Crippen LogP contribution < -0.4 is 5.32 Å². The van der Waals surface area contributed by atoms with E-state index in [0.29, 0.717) is 11.5 Å². The van der Waals surface area contributed by atoms with Crippen LogP contribution in [0.2, 0.25) is 0 Å². The van der Waals surface area contributed by atoms with Crippen molar-refractivity contribution in [2.45, 2.75) is 6.61 Å². The molecule has 2 heterocycles. The number of hydrogen-bond acceptors (Lipinski definition) is 4. The van der Waals surface area contributed by atoms with E-state index in [1.807, 2.05) is 42.5 Å². The molecular formula is C16H12BrN3O2. The molecule has 0 saturated carbocycles. The second kappa shape index (κ2) is 6.53. The van der Waals surface area contributed by atoms with Crippen LogP contribution in [-0.2, 0) is 11.3 Å². The van der Waals surface area contributed by atoms with Crippen molar-refractivity contribution in [2.75, 3.05) is 5.32 Å². The van der Waals surface area contributed by atoms with E-state index in [2.05, 4.69) is 31.2 Å². The molecule has 0 aliphatic rings. The molecule has 3 aromatic rings. The van der Waals surface area contributed by atoms with Crippen LogP contribution in [0, 0.1) is 0 Å². The molecule has 3 rings (SSSR count). The Hall–Kier alpha value is -2.47. The molecule has 6 heteroatoms. The van der Waals surface area contributed by atoms with Crippen molar-refractivity contribution in [3.8, 4) is 0 Å². The first kappa shape index (κ1) is 14.5. The molecule has 5 nitrogen and oxygen atoms in total. The van der Waals surface area contributed by atoms with Crippen LogP contribution in [-0.4, -0.2) is 16.1 Å². The molecule has 0 aliphatic carbocycles. The van der Waals surface area contributed by atoms with Crippen LogP contribution in [0.1, 0.15) is 5.56 Å². The molecule has 0 bridgehead atoms. The number of nitrogens with one attached hydrogen (secondary N) is 1. The van der Waals surface area contributed by atoms with Gasteiger partial charge in [0.1, 0.15) is 12.4 Å². The molecule has 0 unspecified atom stereocenters. The van der Waals surface area contributed by atoms with Crippen molar-refractivity contribution in [1.82, 2.24) is 9.97 Å². The van der Waals surface area contributed by atoms with Gasteiger partial charge in [0.25, 0.3) is 0 Å². The van der Waals surface area contributed by atoms with Gasteiger partial charge < -0.3 is 4.74 Å². The highest BCUT2D eigenvalue weighted by molar-refractivity contribution is 9.10. The SMILES string of the molecule is O=C(Nc1ccc2cc(Br)cnc2n1)OCc1ccccc1. The Kier molecular flexibility index (Phi) is 4.29. The van der Waals surface area contributed by atoms with Crippen molar-refractivity contribution < 1.29 is 9.53 Å². The van der Waals surface area contributed by atoms with Crippen molar-refractivity contribution >= 4 is 38.9 Å². The van der Waals surface area contributed by atoms with Crippen molar-refractivity contribution in [3.63, 3.8) is 0 Å². The summed E-state index contributed by atoms with van der Waals surface area (Å²) in [5.41, 5.74) is 1.49. The van der Waals surface area contributed by atoms with Gasteiger partial charge in [-0.1, -0.05) is 30.3 Å². The summed E-state index contributed by atoms with van der Waals surface area (Å²) in [7, 11) is 0. The number of carbonyl (C=O) groups is 1. The first-order valence-corrected chi connectivity index (χ1v) is 7.40. The fourth-order valence-corrected chi connectivity index (χ4v) is 2.27. The van der Waals surface area contributed by atoms with E-state index in [1.165, 1.54) is 0 Å². The lowest BCUT2D eigenvalue weighted by atomic mass is 10.2. The third-order valence-electron chi connectivity index (χ3n) is 2.95. The van der Waals surface area contributed by atoms with Gasteiger partial charge in [0.15, 0.2) is 5.65 Å². The number of halogens is 1. The minimum Gasteiger partial charge on any atom is -0.444 e. The summed E-state index contributed by atoms with van der Waals surface area (Å²) >= 11 is 3.35. The normalized spacial score (nSPS) is 10.4. The summed E-state index contributed by atoms with van der Waals surface area (Å²) in [6.45, 7) is 0.214. The minimum absolute atomic E-state index is 0.214. The van der Waals surface area contributed by atoms with E-state index < -0.39 is 6.09 Å². The molecular weight excluding hydrogens is 346 g/mol. The number of pyridine rings is 2. The summed E-state index contributed by atoms with van der Waals surface area (Å²) < 4.78 is 6.02. The Bertz CT molecular complexity index is 809. The van der Waals surface area contributed by atoms with Gasteiger partial charge in [-0.15, -0.1) is 0 Å². The lowest BCUT2D eigenvalue weighted by Gasteiger charge is -2.07. The van der Waals surface area contributed by atoms with Crippen LogP contribution in [0.5, 0.6) is 0 Å². The molecule has 1 N–H and O–H groups in total. The molecule has 1 aromatic carbocycles. The van der Waals surface area contributed by atoms with Crippen LogP contribution in [0.4, 0.5) is 10.6 Å². The standard InChI is InChI=1S/C16H12BrN3O2/c17-13-8-12-6-7-14(19-15(12)18-9-13)20-16(21)22-10-11-4-2-1-3-5-11/h1-9H,10H2,(H,18,19,20,21). The van der Waals surface area contributed by atoms with Crippen molar-refractivity contribution in [2.24, 2.45) is 0 Å². The summed E-state index contributed by atoms with van der Waals surface area (Å²) in [6.07, 6.45) is 1.11. The summed E-state index contributed by atoms with van der Waals surface area (Å²) in [5.74, 6) is 0.403. The number of amides is 1. The first-order chi connectivity index (χ1) is 10.7. The fraction of sp³-hybridized carbons (Fsp3) is 0.0625. The number of nitrogens with zero attached hydrogens (tertiary/aromatic N) is 2. The molecule has 22 heavy (non-hydrogen) atoms. The minimum atomic E-state index is -0.548. The molecule has 1 amide bonds. The highest BCUT2D eigenvalue weighted by Crippen LogP contribution is 2.17. The third kappa shape index (κ3) is 3.59. The zero-order valence-electron chi connectivity index (χ0n) is 11.5. The lowest BCUT2D eigenvalue weighted by molar-refractivity contribution is 0.155. The zero-order valence-corrected chi connectivity index (χ0v) is 13.1. The van der Waals surface area contributed by atoms with Crippen LogP contribution in [0.25, 0.3) is 11.0 Å². The Morgan fingerprint density at radius 3 is 2.82 bits per heavy atom. The van der Waals surface area contributed by atoms with Gasteiger partial charge in [0, 0.05) is 16.1 Å². The van der Waals surface area contributed by atoms with Gasteiger partial charge in [-0.3, -0.25) is 5.32 Å². The van der Waals surface area contributed by atoms with Crippen LogP contribution in [0.3, 0.4) is 0 Å². The summed E-state index contributed by atoms with van der Waals surface area (Å²) in [4.78, 5) is 20.2. The van der Waals surface area contributed by atoms with E-state index in [-0.39, 0.29) is 6.61 Å². The third-order valence-corrected chi connectivity index (χ3v) is 3.39. The molecule has 2 aromatic heterocycles. The quantitative estimate of drug-likeness (QED) is 0.764. The Morgan fingerprint density at radius 2 is 2.00 bits per heavy atom. The number of aromatic nitrogens is 2. The Balaban J connectivity index is 1.65. The van der Waals surface area contributed by atoms with Crippen LogP contribution >= 0.6 is 15.9 Å².